The lowest BCUT2D eigenvalue weighted by molar-refractivity contribution is -0.137. The Hall–Kier alpha value is -2.88. The van der Waals surface area contributed by atoms with Gasteiger partial charge < -0.3 is 15.1 Å². The first-order valence-corrected chi connectivity index (χ1v) is 12.3. The molecule has 4 heterocycles. The minimum Gasteiger partial charge on any atom is -0.368 e. The van der Waals surface area contributed by atoms with Crippen molar-refractivity contribution < 1.29 is 18.0 Å². The van der Waals surface area contributed by atoms with Gasteiger partial charge in [-0.25, -0.2) is 4.98 Å². The maximum Gasteiger partial charge on any atom is 0.417 e. The van der Waals surface area contributed by atoms with Crippen molar-refractivity contribution in [2.45, 2.75) is 52.3 Å². The summed E-state index contributed by atoms with van der Waals surface area (Å²) < 4.78 is 38.0. The van der Waals surface area contributed by atoms with E-state index in [-0.39, 0.29) is 19.4 Å². The number of likely N-dealkylation sites (tertiary alicyclic amines) is 1. The normalized spacial score (nSPS) is 17.6. The molecule has 7 nitrogen and oxygen atoms in total. The monoisotopic (exact) mass is 506 g/mol. The summed E-state index contributed by atoms with van der Waals surface area (Å²) in [6.45, 7) is 8.11. The maximum absolute atomic E-state index is 12.7. The van der Waals surface area contributed by atoms with E-state index in [2.05, 4.69) is 31.2 Å². The van der Waals surface area contributed by atoms with Gasteiger partial charge in [-0.05, 0) is 57.0 Å². The smallest absolute Gasteiger partial charge is 0.368 e. The Kier molecular flexibility index (Phi) is 9.53. The minimum absolute atomic E-state index is 0. The number of hydrogen-bond donors (Lipinski definition) is 1. The average Bonchev–Trinajstić information content (AvgIpc) is 2.85. The Morgan fingerprint density at radius 2 is 1.72 bits per heavy atom. The molecule has 0 unspecified atom stereocenters. The molecule has 0 spiro atoms. The van der Waals surface area contributed by atoms with Gasteiger partial charge in [0.1, 0.15) is 5.82 Å². The third-order valence-corrected chi connectivity index (χ3v) is 6.79. The van der Waals surface area contributed by atoms with Crippen LogP contribution in [0.4, 0.5) is 24.7 Å². The molecule has 2 aromatic rings. The Morgan fingerprint density at radius 3 is 2.31 bits per heavy atom. The largest absolute Gasteiger partial charge is 0.417 e. The van der Waals surface area contributed by atoms with Crippen LogP contribution in [0.2, 0.25) is 0 Å². The molecule has 0 aromatic carbocycles. The molecule has 10 heteroatoms. The van der Waals surface area contributed by atoms with Gasteiger partial charge in [-0.15, -0.1) is 0 Å². The maximum atomic E-state index is 12.7. The Balaban J connectivity index is 0.00000361. The topological polar surface area (TPSA) is 64.6 Å². The number of nitrogens with one attached hydrogen (secondary N) is 1. The van der Waals surface area contributed by atoms with Crippen molar-refractivity contribution in [1.29, 1.82) is 0 Å². The van der Waals surface area contributed by atoms with Crippen LogP contribution in [0.25, 0.3) is 0 Å². The number of pyridine rings is 2. The first-order valence-electron chi connectivity index (χ1n) is 12.3. The van der Waals surface area contributed by atoms with E-state index in [0.717, 1.165) is 75.6 Å². The summed E-state index contributed by atoms with van der Waals surface area (Å²) in [5.41, 5.74) is 1.43. The van der Waals surface area contributed by atoms with Crippen molar-refractivity contribution >= 4 is 17.4 Å². The lowest BCUT2D eigenvalue weighted by Gasteiger charge is -2.36. The number of nitrogens with zero attached hydrogens (tertiary/aromatic N) is 5. The van der Waals surface area contributed by atoms with Crippen LogP contribution in [0.5, 0.6) is 0 Å². The van der Waals surface area contributed by atoms with E-state index in [1.54, 1.807) is 0 Å². The van der Waals surface area contributed by atoms with E-state index in [4.69, 9.17) is 0 Å². The number of piperidine rings is 1. The molecule has 2 aliphatic rings. The Labute approximate surface area is 211 Å². The van der Waals surface area contributed by atoms with Crippen molar-refractivity contribution in [1.82, 2.24) is 19.8 Å². The zero-order valence-electron chi connectivity index (χ0n) is 20.1. The van der Waals surface area contributed by atoms with Crippen molar-refractivity contribution in [3.63, 3.8) is 0 Å². The third kappa shape index (κ3) is 7.56. The molecule has 0 radical (unpaired) electrons. The zero-order valence-corrected chi connectivity index (χ0v) is 20.1. The van der Waals surface area contributed by atoms with Crippen LogP contribution in [0.1, 0.15) is 44.4 Å². The van der Waals surface area contributed by atoms with Crippen LogP contribution in [0.3, 0.4) is 0 Å². The molecule has 4 rings (SSSR count). The summed E-state index contributed by atoms with van der Waals surface area (Å²) >= 11 is 0. The number of carbonyl (C=O) groups is 1. The highest BCUT2D eigenvalue weighted by atomic mass is 19.4. The molecule has 2 fully saturated rings. The second-order valence-corrected chi connectivity index (χ2v) is 9.32. The molecule has 36 heavy (non-hydrogen) atoms. The molecule has 0 bridgehead atoms. The first kappa shape index (κ1) is 27.7. The fourth-order valence-electron chi connectivity index (χ4n) is 4.62. The second kappa shape index (κ2) is 12.4. The minimum atomic E-state index is -4.38. The highest BCUT2D eigenvalue weighted by molar-refractivity contribution is 5.76. The summed E-state index contributed by atoms with van der Waals surface area (Å²) in [5.74, 6) is 0.613. The number of anilines is 2. The molecular formula is C26H37F3N6O. The van der Waals surface area contributed by atoms with Gasteiger partial charge in [-0.1, -0.05) is 7.43 Å². The number of alkyl halides is 3. The fraction of sp³-hybridized carbons (Fsp3) is 0.577. The molecule has 2 saturated heterocycles. The fourth-order valence-corrected chi connectivity index (χ4v) is 4.62. The van der Waals surface area contributed by atoms with Crippen LogP contribution in [0.15, 0.2) is 36.7 Å². The number of amides is 1. The first-order chi connectivity index (χ1) is 16.8. The number of rotatable bonds is 7. The molecule has 1 amide bonds. The predicted molar refractivity (Wildman–Crippen MR) is 136 cm³/mol. The van der Waals surface area contributed by atoms with Crippen molar-refractivity contribution in [3.8, 4) is 0 Å². The number of aryl methyl sites for hydroxylation is 1. The number of hydrogen-bond acceptors (Lipinski definition) is 6. The second-order valence-electron chi connectivity index (χ2n) is 9.32. The number of halogens is 3. The molecule has 2 aromatic heterocycles. The average molecular weight is 507 g/mol. The van der Waals surface area contributed by atoms with Crippen molar-refractivity contribution in [3.05, 3.63) is 47.9 Å². The van der Waals surface area contributed by atoms with Gasteiger partial charge in [-0.3, -0.25) is 14.7 Å². The molecule has 2 aliphatic heterocycles. The van der Waals surface area contributed by atoms with Crippen molar-refractivity contribution in [2.75, 3.05) is 56.0 Å². The highest BCUT2D eigenvalue weighted by Crippen LogP contribution is 2.29. The molecule has 0 aliphatic carbocycles. The van der Waals surface area contributed by atoms with E-state index < -0.39 is 11.7 Å². The van der Waals surface area contributed by atoms with Gasteiger partial charge in [0.15, 0.2) is 0 Å². The third-order valence-electron chi connectivity index (χ3n) is 6.79. The van der Waals surface area contributed by atoms with Crippen LogP contribution in [-0.4, -0.2) is 77.5 Å². The van der Waals surface area contributed by atoms with E-state index >= 15 is 0 Å². The zero-order chi connectivity index (χ0) is 24.8. The Morgan fingerprint density at radius 1 is 1.00 bits per heavy atom. The molecule has 1 N–H and O–H groups in total. The number of piperazine rings is 1. The van der Waals surface area contributed by atoms with Gasteiger partial charge in [0.2, 0.25) is 5.91 Å². The predicted octanol–water partition coefficient (Wildman–Crippen LogP) is 4.45. The van der Waals surface area contributed by atoms with Crippen LogP contribution in [0, 0.1) is 6.92 Å². The van der Waals surface area contributed by atoms with E-state index in [0.29, 0.717) is 25.3 Å². The van der Waals surface area contributed by atoms with Gasteiger partial charge in [0.25, 0.3) is 0 Å². The molecule has 0 saturated carbocycles. The standard InChI is InChI=1S/C25H33F3N6O.CH4/c1-19-4-6-22(18-29-19)33-15-13-32(14-16-33)10-2-3-24(35)34-11-8-21(9-12-34)31-23-7-5-20(17-30-23)25(26,27)28;/h4-7,17-18,21H,2-3,8-16H2,1H3,(H,30,31);1H4. The van der Waals surface area contributed by atoms with Gasteiger partial charge >= 0.3 is 6.18 Å². The van der Waals surface area contributed by atoms with E-state index in [1.165, 1.54) is 6.07 Å². The van der Waals surface area contributed by atoms with Crippen LogP contribution < -0.4 is 10.2 Å². The SMILES string of the molecule is C.Cc1ccc(N2CCN(CCCC(=O)N3CCC(Nc4ccc(C(F)(F)F)cn4)CC3)CC2)cn1. The lowest BCUT2D eigenvalue weighted by atomic mass is 10.0. The summed E-state index contributed by atoms with van der Waals surface area (Å²) in [7, 11) is 0. The van der Waals surface area contributed by atoms with Gasteiger partial charge in [0, 0.05) is 63.6 Å². The summed E-state index contributed by atoms with van der Waals surface area (Å²) in [5, 5.41) is 3.19. The Bertz CT molecular complexity index is 951. The lowest BCUT2D eigenvalue weighted by Crippen LogP contribution is -2.47. The van der Waals surface area contributed by atoms with Crippen molar-refractivity contribution in [2.24, 2.45) is 0 Å². The summed E-state index contributed by atoms with van der Waals surface area (Å²) in [6.07, 6.45) is 1.29. The van der Waals surface area contributed by atoms with E-state index in [1.807, 2.05) is 24.1 Å². The number of aromatic nitrogens is 2. The number of carbonyl (C=O) groups excluding carboxylic acids is 1. The molecule has 198 valence electrons. The highest BCUT2D eigenvalue weighted by Gasteiger charge is 2.31. The van der Waals surface area contributed by atoms with E-state index in [9.17, 15) is 18.0 Å². The van der Waals surface area contributed by atoms with Crippen LogP contribution in [-0.2, 0) is 11.0 Å². The van der Waals surface area contributed by atoms with Gasteiger partial charge in [-0.2, -0.15) is 13.2 Å². The molecular weight excluding hydrogens is 469 g/mol. The van der Waals surface area contributed by atoms with Crippen LogP contribution >= 0.6 is 0 Å². The molecule has 0 atom stereocenters. The quantitative estimate of drug-likeness (QED) is 0.599. The summed E-state index contributed by atoms with van der Waals surface area (Å²) in [6, 6.07) is 6.65. The van der Waals surface area contributed by atoms with Gasteiger partial charge in [0.05, 0.1) is 17.4 Å². The summed E-state index contributed by atoms with van der Waals surface area (Å²) in [4.78, 5) is 27.6.